The van der Waals surface area contributed by atoms with E-state index < -0.39 is 6.04 Å². The molecule has 0 bridgehead atoms. The number of benzene rings is 2. The van der Waals surface area contributed by atoms with Crippen LogP contribution in [0.2, 0.25) is 0 Å². The predicted molar refractivity (Wildman–Crippen MR) is 158 cm³/mol. The van der Waals surface area contributed by atoms with E-state index in [1.165, 1.54) is 11.3 Å². The van der Waals surface area contributed by atoms with Gasteiger partial charge in [0, 0.05) is 30.9 Å². The summed E-state index contributed by atoms with van der Waals surface area (Å²) in [5, 5.41) is 2.97. The number of amides is 1. The molecule has 1 atom stereocenters. The lowest BCUT2D eigenvalue weighted by molar-refractivity contribution is -0.113. The van der Waals surface area contributed by atoms with Crippen LogP contribution in [-0.4, -0.2) is 43.4 Å². The van der Waals surface area contributed by atoms with Crippen LogP contribution in [-0.2, 0) is 9.53 Å². The normalized spacial score (nSPS) is 17.3. The summed E-state index contributed by atoms with van der Waals surface area (Å²) < 4.78 is 19.2. The minimum absolute atomic E-state index is 0.241. The summed E-state index contributed by atoms with van der Waals surface area (Å²) in [7, 11) is 0. The van der Waals surface area contributed by atoms with Gasteiger partial charge in [0.05, 0.1) is 41.7 Å². The van der Waals surface area contributed by atoms with Crippen LogP contribution in [0, 0.1) is 0 Å². The number of nitrogens with one attached hydrogen (secondary N) is 1. The van der Waals surface area contributed by atoms with E-state index >= 15 is 0 Å². The van der Waals surface area contributed by atoms with Crippen molar-refractivity contribution in [2.24, 2.45) is 4.99 Å². The van der Waals surface area contributed by atoms with Crippen molar-refractivity contribution in [1.82, 2.24) is 4.57 Å². The third kappa shape index (κ3) is 5.48. The number of rotatable bonds is 7. The van der Waals surface area contributed by atoms with Crippen molar-refractivity contribution in [1.29, 1.82) is 0 Å². The Bertz CT molecular complexity index is 1760. The highest BCUT2D eigenvalue weighted by Crippen LogP contribution is 2.32. The molecule has 210 valence electrons. The number of furan rings is 1. The molecule has 4 heterocycles. The van der Waals surface area contributed by atoms with Crippen LogP contribution in [0.5, 0.6) is 5.75 Å². The van der Waals surface area contributed by atoms with E-state index in [-0.39, 0.29) is 11.5 Å². The number of ether oxygens (including phenoxy) is 2. The zero-order chi connectivity index (χ0) is 28.3. The first-order chi connectivity index (χ1) is 20.0. The SMILES string of the molecule is CCOc1ccc([C@H]2C(C(=O)Nc3ccccc3)=C(C)N=c3s/c(=C\c4ccc(N5CCOCC5)o4)c(=O)n32)cc1. The van der Waals surface area contributed by atoms with Crippen LogP contribution < -0.4 is 29.8 Å². The van der Waals surface area contributed by atoms with Gasteiger partial charge < -0.3 is 24.1 Å². The molecule has 4 aromatic rings. The van der Waals surface area contributed by atoms with Crippen LogP contribution >= 0.6 is 11.3 Å². The third-order valence-electron chi connectivity index (χ3n) is 7.01. The van der Waals surface area contributed by atoms with Gasteiger partial charge in [-0.15, -0.1) is 0 Å². The average Bonchev–Trinajstić information content (AvgIpc) is 3.58. The van der Waals surface area contributed by atoms with Crippen LogP contribution in [0.15, 0.2) is 92.2 Å². The van der Waals surface area contributed by atoms with Gasteiger partial charge in [-0.25, -0.2) is 4.99 Å². The van der Waals surface area contributed by atoms with Gasteiger partial charge in [-0.3, -0.25) is 14.2 Å². The highest BCUT2D eigenvalue weighted by molar-refractivity contribution is 7.07. The maximum absolute atomic E-state index is 13.9. The molecule has 0 unspecified atom stereocenters. The Morgan fingerprint density at radius 1 is 1.10 bits per heavy atom. The largest absolute Gasteiger partial charge is 0.494 e. The van der Waals surface area contributed by atoms with Crippen molar-refractivity contribution in [3.8, 4) is 5.75 Å². The van der Waals surface area contributed by atoms with Crippen LogP contribution in [0.3, 0.4) is 0 Å². The predicted octanol–water partition coefficient (Wildman–Crippen LogP) is 3.70. The van der Waals surface area contributed by atoms with Gasteiger partial charge in [-0.2, -0.15) is 0 Å². The second-order valence-electron chi connectivity index (χ2n) is 9.68. The Hall–Kier alpha value is -4.41. The number of allylic oxidation sites excluding steroid dienone is 1. The number of morpholine rings is 1. The van der Waals surface area contributed by atoms with Crippen molar-refractivity contribution >= 4 is 34.9 Å². The molecule has 0 spiro atoms. The van der Waals surface area contributed by atoms with Gasteiger partial charge in [0.1, 0.15) is 11.5 Å². The Balaban J connectivity index is 1.42. The molecule has 2 aliphatic heterocycles. The number of hydrogen-bond acceptors (Lipinski definition) is 8. The molecule has 1 saturated heterocycles. The number of anilines is 2. The molecule has 0 saturated carbocycles. The van der Waals surface area contributed by atoms with Crippen molar-refractivity contribution in [2.45, 2.75) is 19.9 Å². The van der Waals surface area contributed by atoms with Crippen LogP contribution in [0.1, 0.15) is 31.2 Å². The summed E-state index contributed by atoms with van der Waals surface area (Å²) in [6.45, 7) is 7.08. The molecule has 2 aromatic heterocycles. The van der Waals surface area contributed by atoms with E-state index in [0.717, 1.165) is 24.5 Å². The van der Waals surface area contributed by atoms with Crippen molar-refractivity contribution in [2.75, 3.05) is 43.1 Å². The van der Waals surface area contributed by atoms with Gasteiger partial charge in [-0.1, -0.05) is 41.7 Å². The van der Waals surface area contributed by atoms with Gasteiger partial charge in [-0.05, 0) is 49.7 Å². The minimum Gasteiger partial charge on any atom is -0.494 e. The Morgan fingerprint density at radius 2 is 1.85 bits per heavy atom. The molecule has 2 aromatic carbocycles. The molecular weight excluding hydrogens is 540 g/mol. The van der Waals surface area contributed by atoms with Gasteiger partial charge in [0.15, 0.2) is 10.7 Å². The number of hydrogen-bond donors (Lipinski definition) is 1. The van der Waals surface area contributed by atoms with Crippen molar-refractivity contribution in [3.05, 3.63) is 109 Å². The van der Waals surface area contributed by atoms with Gasteiger partial charge >= 0.3 is 0 Å². The Morgan fingerprint density at radius 3 is 2.59 bits per heavy atom. The number of aromatic nitrogens is 1. The van der Waals surface area contributed by atoms with Crippen molar-refractivity contribution < 1.29 is 18.7 Å². The standard InChI is InChI=1S/C31H30N4O5S/c1-3-39-23-11-9-21(10-12-23)28-27(29(36)33-22-7-5-4-6-8-22)20(2)32-31-35(28)30(37)25(41-31)19-24-13-14-26(40-24)34-15-17-38-18-16-34/h4-14,19,28H,3,15-18H2,1-2H3,(H,33,36)/b25-19-/t28-/m0/s1. The number of carbonyl (C=O) groups excluding carboxylic acids is 1. The molecule has 0 radical (unpaired) electrons. The fraction of sp³-hybridized carbons (Fsp3) is 0.258. The molecule has 1 amide bonds. The number of para-hydroxylation sites is 1. The summed E-state index contributed by atoms with van der Waals surface area (Å²) in [6, 6.07) is 19.8. The number of fused-ring (bicyclic) bond motifs is 1. The monoisotopic (exact) mass is 570 g/mol. The molecule has 9 nitrogen and oxygen atoms in total. The molecule has 41 heavy (non-hydrogen) atoms. The number of nitrogens with zero attached hydrogens (tertiary/aromatic N) is 3. The van der Waals surface area contributed by atoms with E-state index in [0.29, 0.717) is 57.6 Å². The van der Waals surface area contributed by atoms with Crippen molar-refractivity contribution in [3.63, 3.8) is 0 Å². The summed E-state index contributed by atoms with van der Waals surface area (Å²) >= 11 is 1.28. The highest BCUT2D eigenvalue weighted by atomic mass is 32.1. The number of carbonyl (C=O) groups is 1. The zero-order valence-corrected chi connectivity index (χ0v) is 23.6. The Labute approximate surface area is 240 Å². The fourth-order valence-electron chi connectivity index (χ4n) is 5.06. The van der Waals surface area contributed by atoms with E-state index in [4.69, 9.17) is 18.9 Å². The fourth-order valence-corrected chi connectivity index (χ4v) is 6.09. The maximum atomic E-state index is 13.9. The van der Waals surface area contributed by atoms with E-state index in [9.17, 15) is 9.59 Å². The highest BCUT2D eigenvalue weighted by Gasteiger charge is 2.32. The Kier molecular flexibility index (Phi) is 7.58. The molecule has 1 N–H and O–H groups in total. The van der Waals surface area contributed by atoms with E-state index in [1.807, 2.05) is 73.7 Å². The smallest absolute Gasteiger partial charge is 0.271 e. The summed E-state index contributed by atoms with van der Waals surface area (Å²) in [4.78, 5) is 35.0. The molecule has 10 heteroatoms. The first kappa shape index (κ1) is 26.8. The topological polar surface area (TPSA) is 98.3 Å². The lowest BCUT2D eigenvalue weighted by Crippen LogP contribution is -2.40. The first-order valence-electron chi connectivity index (χ1n) is 13.6. The summed E-state index contributed by atoms with van der Waals surface area (Å²) in [5.74, 6) is 1.72. The molecule has 0 aliphatic carbocycles. The lowest BCUT2D eigenvalue weighted by atomic mass is 9.95. The maximum Gasteiger partial charge on any atom is 0.271 e. The molecule has 6 rings (SSSR count). The first-order valence-corrected chi connectivity index (χ1v) is 14.4. The summed E-state index contributed by atoms with van der Waals surface area (Å²) in [6.07, 6.45) is 1.74. The van der Waals surface area contributed by atoms with Gasteiger partial charge in [0.2, 0.25) is 0 Å². The minimum atomic E-state index is -0.673. The molecular formula is C31H30N4O5S. The third-order valence-corrected chi connectivity index (χ3v) is 8.00. The molecule has 2 aliphatic rings. The van der Waals surface area contributed by atoms with E-state index in [1.54, 1.807) is 17.6 Å². The van der Waals surface area contributed by atoms with Crippen LogP contribution in [0.4, 0.5) is 11.6 Å². The lowest BCUT2D eigenvalue weighted by Gasteiger charge is -2.26. The average molecular weight is 571 g/mol. The quantitative estimate of drug-likeness (QED) is 0.364. The van der Waals surface area contributed by atoms with Gasteiger partial charge in [0.25, 0.3) is 11.5 Å². The number of thiazole rings is 1. The van der Waals surface area contributed by atoms with E-state index in [2.05, 4.69) is 10.2 Å². The zero-order valence-electron chi connectivity index (χ0n) is 22.8. The van der Waals surface area contributed by atoms with Crippen LogP contribution in [0.25, 0.3) is 6.08 Å². The molecule has 1 fully saturated rings. The summed E-state index contributed by atoms with van der Waals surface area (Å²) in [5.41, 5.74) is 2.16. The second-order valence-corrected chi connectivity index (χ2v) is 10.7. The second kappa shape index (κ2) is 11.6.